The van der Waals surface area contributed by atoms with E-state index in [4.69, 9.17) is 11.6 Å². The highest BCUT2D eigenvalue weighted by Crippen LogP contribution is 2.17. The Balaban J connectivity index is 0.000000249. The van der Waals surface area contributed by atoms with E-state index < -0.39 is 0 Å². The largest absolute Gasteiger partial charge is 0.127 e. The van der Waals surface area contributed by atoms with E-state index in [1.54, 1.807) is 0 Å². The lowest BCUT2D eigenvalue weighted by molar-refractivity contribution is 0.892. The van der Waals surface area contributed by atoms with Crippen LogP contribution in [0, 0.1) is 0 Å². The third kappa shape index (κ3) is 5.55. The maximum atomic E-state index is 5.30. The van der Waals surface area contributed by atoms with Gasteiger partial charge in [0.2, 0.25) is 0 Å². The first-order valence-electron chi connectivity index (χ1n) is 6.05. The summed E-state index contributed by atoms with van der Waals surface area (Å²) in [5.41, 5.74) is 2.55. The zero-order chi connectivity index (χ0) is 12.3. The molecular weight excluding hydrogens is 228 g/mol. The Hall–Kier alpha value is -1.27. The van der Waals surface area contributed by atoms with Crippen LogP contribution >= 0.6 is 11.6 Å². The smallest absolute Gasteiger partial charge is 0.0223 e. The summed E-state index contributed by atoms with van der Waals surface area (Å²) in [6.07, 6.45) is 2.37. The summed E-state index contributed by atoms with van der Waals surface area (Å²) in [5, 5.41) is 0. The van der Waals surface area contributed by atoms with E-state index in [1.807, 2.05) is 12.1 Å². The van der Waals surface area contributed by atoms with Crippen molar-refractivity contribution in [1.82, 2.24) is 0 Å². The molecule has 90 valence electrons. The first-order valence-corrected chi connectivity index (χ1v) is 6.58. The Morgan fingerprint density at radius 2 is 1.18 bits per heavy atom. The summed E-state index contributed by atoms with van der Waals surface area (Å²) < 4.78 is 0. The molecule has 0 saturated heterocycles. The van der Waals surface area contributed by atoms with Gasteiger partial charge in [-0.2, -0.15) is 0 Å². The Bertz CT molecular complexity index is 341. The zero-order valence-corrected chi connectivity index (χ0v) is 11.0. The third-order valence-electron chi connectivity index (χ3n) is 2.37. The molecule has 0 aliphatic heterocycles. The lowest BCUT2D eigenvalue weighted by Crippen LogP contribution is -1.73. The molecule has 0 aromatic heterocycles. The number of hydrogen-bond donors (Lipinski definition) is 0. The van der Waals surface area contributed by atoms with Crippen LogP contribution in [0.2, 0.25) is 0 Å². The molecule has 0 spiro atoms. The molecule has 0 unspecified atom stereocenters. The number of halogens is 1. The van der Waals surface area contributed by atoms with Gasteiger partial charge in [-0.1, -0.05) is 74.0 Å². The average Bonchev–Trinajstić information content (AvgIpc) is 2.42. The molecule has 2 aromatic rings. The van der Waals surface area contributed by atoms with Crippen LogP contribution in [0.25, 0.3) is 11.1 Å². The van der Waals surface area contributed by atoms with Gasteiger partial charge in [-0.15, -0.1) is 11.6 Å². The van der Waals surface area contributed by atoms with Gasteiger partial charge in [0.1, 0.15) is 0 Å². The quantitative estimate of drug-likeness (QED) is 0.638. The topological polar surface area (TPSA) is 0 Å². The highest BCUT2D eigenvalue weighted by molar-refractivity contribution is 6.17. The molecule has 0 aliphatic carbocycles. The minimum atomic E-state index is 0.816. The minimum Gasteiger partial charge on any atom is -0.127 e. The monoisotopic (exact) mass is 246 g/mol. The Kier molecular flexibility index (Phi) is 7.17. The molecule has 0 nitrogen and oxygen atoms in total. The Labute approximate surface area is 109 Å². The molecule has 0 saturated carbocycles. The fourth-order valence-electron chi connectivity index (χ4n) is 1.39. The molecule has 0 radical (unpaired) electrons. The van der Waals surface area contributed by atoms with Crippen molar-refractivity contribution < 1.29 is 0 Å². The number of benzene rings is 2. The molecule has 0 bridgehead atoms. The molecule has 0 fully saturated rings. The van der Waals surface area contributed by atoms with E-state index >= 15 is 0 Å². The van der Waals surface area contributed by atoms with Crippen LogP contribution in [0.5, 0.6) is 0 Å². The SMILES string of the molecule is CCCCCl.c1ccc(-c2ccccc2)cc1. The molecule has 2 aromatic carbocycles. The van der Waals surface area contributed by atoms with Gasteiger partial charge in [0.15, 0.2) is 0 Å². The first kappa shape index (κ1) is 13.8. The second-order valence-corrected chi connectivity index (χ2v) is 4.15. The van der Waals surface area contributed by atoms with E-state index in [9.17, 15) is 0 Å². The molecule has 2 rings (SSSR count). The predicted molar refractivity (Wildman–Crippen MR) is 77.5 cm³/mol. The third-order valence-corrected chi connectivity index (χ3v) is 2.64. The summed E-state index contributed by atoms with van der Waals surface area (Å²) in [5.74, 6) is 0.816. The number of rotatable bonds is 3. The molecule has 0 heterocycles. The van der Waals surface area contributed by atoms with E-state index in [0.717, 1.165) is 12.3 Å². The number of alkyl halides is 1. The number of unbranched alkanes of at least 4 members (excludes halogenated alkanes) is 1. The summed E-state index contributed by atoms with van der Waals surface area (Å²) in [6, 6.07) is 20.8. The fraction of sp³-hybridized carbons (Fsp3) is 0.250. The zero-order valence-electron chi connectivity index (χ0n) is 10.3. The van der Waals surface area contributed by atoms with Crippen LogP contribution in [0.3, 0.4) is 0 Å². The van der Waals surface area contributed by atoms with Gasteiger partial charge in [0.25, 0.3) is 0 Å². The minimum absolute atomic E-state index is 0.816. The number of hydrogen-bond acceptors (Lipinski definition) is 0. The van der Waals surface area contributed by atoms with E-state index in [-0.39, 0.29) is 0 Å². The van der Waals surface area contributed by atoms with Crippen molar-refractivity contribution >= 4 is 11.6 Å². The van der Waals surface area contributed by atoms with Gasteiger partial charge in [0.05, 0.1) is 0 Å². The van der Waals surface area contributed by atoms with Crippen molar-refractivity contribution in [1.29, 1.82) is 0 Å². The predicted octanol–water partition coefficient (Wildman–Crippen LogP) is 5.38. The lowest BCUT2D eigenvalue weighted by atomic mass is 10.1. The maximum absolute atomic E-state index is 5.30. The van der Waals surface area contributed by atoms with Crippen molar-refractivity contribution in [2.75, 3.05) is 5.88 Å². The van der Waals surface area contributed by atoms with Gasteiger partial charge >= 0.3 is 0 Å². The second-order valence-electron chi connectivity index (χ2n) is 3.77. The Morgan fingerprint density at radius 3 is 1.41 bits per heavy atom. The standard InChI is InChI=1S/C12H10.C4H9Cl/c1-3-7-11(8-4-1)12-9-5-2-6-10-12;1-2-3-4-5/h1-10H;2-4H2,1H3. The molecule has 0 aliphatic rings. The van der Waals surface area contributed by atoms with Crippen LogP contribution in [0.1, 0.15) is 19.8 Å². The summed E-state index contributed by atoms with van der Waals surface area (Å²) in [6.45, 7) is 2.13. The van der Waals surface area contributed by atoms with Gasteiger partial charge in [-0.05, 0) is 17.5 Å². The molecule has 0 atom stereocenters. The van der Waals surface area contributed by atoms with Gasteiger partial charge < -0.3 is 0 Å². The summed E-state index contributed by atoms with van der Waals surface area (Å²) in [4.78, 5) is 0. The average molecular weight is 247 g/mol. The van der Waals surface area contributed by atoms with Crippen molar-refractivity contribution in [2.24, 2.45) is 0 Å². The van der Waals surface area contributed by atoms with E-state index in [2.05, 4.69) is 55.5 Å². The second kappa shape index (κ2) is 8.83. The normalized spacial score (nSPS) is 9.29. The first-order chi connectivity index (χ1) is 8.38. The summed E-state index contributed by atoms with van der Waals surface area (Å²) in [7, 11) is 0. The van der Waals surface area contributed by atoms with E-state index in [0.29, 0.717) is 0 Å². The van der Waals surface area contributed by atoms with Crippen molar-refractivity contribution in [3.05, 3.63) is 60.7 Å². The van der Waals surface area contributed by atoms with Crippen LogP contribution in [-0.2, 0) is 0 Å². The summed E-state index contributed by atoms with van der Waals surface area (Å²) >= 11 is 5.30. The molecule has 0 N–H and O–H groups in total. The molecule has 1 heteroatoms. The fourth-order valence-corrected chi connectivity index (χ4v) is 1.66. The molecule has 17 heavy (non-hydrogen) atoms. The van der Waals surface area contributed by atoms with Gasteiger partial charge in [-0.25, -0.2) is 0 Å². The van der Waals surface area contributed by atoms with Crippen LogP contribution < -0.4 is 0 Å². The van der Waals surface area contributed by atoms with Crippen LogP contribution in [-0.4, -0.2) is 5.88 Å². The lowest BCUT2D eigenvalue weighted by Gasteiger charge is -1.98. The van der Waals surface area contributed by atoms with Crippen LogP contribution in [0.4, 0.5) is 0 Å². The molecular formula is C16H19Cl. The van der Waals surface area contributed by atoms with Crippen molar-refractivity contribution in [3.63, 3.8) is 0 Å². The Morgan fingerprint density at radius 1 is 0.765 bits per heavy atom. The van der Waals surface area contributed by atoms with Gasteiger partial charge in [0, 0.05) is 5.88 Å². The van der Waals surface area contributed by atoms with Crippen molar-refractivity contribution in [3.8, 4) is 11.1 Å². The molecule has 0 amide bonds. The van der Waals surface area contributed by atoms with Gasteiger partial charge in [-0.3, -0.25) is 0 Å². The maximum Gasteiger partial charge on any atom is 0.0223 e. The highest BCUT2D eigenvalue weighted by Gasteiger charge is 1.91. The van der Waals surface area contributed by atoms with Crippen LogP contribution in [0.15, 0.2) is 60.7 Å². The van der Waals surface area contributed by atoms with E-state index in [1.165, 1.54) is 17.5 Å². The highest BCUT2D eigenvalue weighted by atomic mass is 35.5. The van der Waals surface area contributed by atoms with Crippen molar-refractivity contribution in [2.45, 2.75) is 19.8 Å².